The quantitative estimate of drug-likeness (QED) is 0.861. The molecule has 0 amide bonds. The highest BCUT2D eigenvalue weighted by Gasteiger charge is 2.25. The second-order valence-electron chi connectivity index (χ2n) is 4.19. The van der Waals surface area contributed by atoms with Crippen molar-refractivity contribution in [1.29, 1.82) is 0 Å². The van der Waals surface area contributed by atoms with Gasteiger partial charge in [0.15, 0.2) is 0 Å². The van der Waals surface area contributed by atoms with Crippen molar-refractivity contribution in [3.63, 3.8) is 0 Å². The van der Waals surface area contributed by atoms with Crippen LogP contribution in [0.25, 0.3) is 0 Å². The van der Waals surface area contributed by atoms with E-state index >= 15 is 0 Å². The number of hydrogen-bond donors (Lipinski definition) is 1. The van der Waals surface area contributed by atoms with Crippen LogP contribution in [0.3, 0.4) is 0 Å². The number of nitrogens with zero attached hydrogens (tertiary/aromatic N) is 2. The summed E-state index contributed by atoms with van der Waals surface area (Å²) in [5, 5.41) is 14.7. The van der Waals surface area contributed by atoms with E-state index in [4.69, 9.17) is 0 Å². The summed E-state index contributed by atoms with van der Waals surface area (Å²) in [5.41, 5.74) is 0. The standard InChI is InChI=1S/C10H15N3S2/c1-2-8(11-4-1)10-13-12-9(15-10)7-3-5-14-6-7/h7-8,11H,1-6H2. The summed E-state index contributed by atoms with van der Waals surface area (Å²) in [5.74, 6) is 3.22. The Balaban J connectivity index is 1.74. The Morgan fingerprint density at radius 2 is 2.13 bits per heavy atom. The van der Waals surface area contributed by atoms with Crippen molar-refractivity contribution in [3.05, 3.63) is 10.0 Å². The van der Waals surface area contributed by atoms with Crippen LogP contribution in [0.15, 0.2) is 0 Å². The summed E-state index contributed by atoms with van der Waals surface area (Å²) < 4.78 is 0. The first-order valence-corrected chi connectivity index (χ1v) is 7.55. The van der Waals surface area contributed by atoms with Crippen LogP contribution in [0.2, 0.25) is 0 Å². The first kappa shape index (κ1) is 10.1. The first-order valence-electron chi connectivity index (χ1n) is 5.58. The van der Waals surface area contributed by atoms with E-state index in [1.165, 1.54) is 40.8 Å². The van der Waals surface area contributed by atoms with Crippen LogP contribution in [-0.4, -0.2) is 28.2 Å². The van der Waals surface area contributed by atoms with Crippen molar-refractivity contribution in [2.45, 2.75) is 31.2 Å². The summed E-state index contributed by atoms with van der Waals surface area (Å²) in [4.78, 5) is 0. The SMILES string of the molecule is C1CNC(c2nnc(C3CCSC3)s2)C1. The van der Waals surface area contributed by atoms with Gasteiger partial charge < -0.3 is 5.32 Å². The van der Waals surface area contributed by atoms with E-state index in [-0.39, 0.29) is 0 Å². The van der Waals surface area contributed by atoms with Crippen LogP contribution in [0, 0.1) is 0 Å². The van der Waals surface area contributed by atoms with Crippen molar-refractivity contribution in [3.8, 4) is 0 Å². The number of thioether (sulfide) groups is 1. The van der Waals surface area contributed by atoms with Crippen LogP contribution in [0.1, 0.15) is 41.2 Å². The second kappa shape index (κ2) is 4.39. The van der Waals surface area contributed by atoms with E-state index in [1.807, 2.05) is 23.1 Å². The van der Waals surface area contributed by atoms with Gasteiger partial charge in [0.1, 0.15) is 10.0 Å². The Kier molecular flexibility index (Phi) is 2.94. The normalized spacial score (nSPS) is 31.2. The van der Waals surface area contributed by atoms with E-state index in [9.17, 15) is 0 Å². The largest absolute Gasteiger partial charge is 0.308 e. The Hall–Kier alpha value is -0.130. The van der Waals surface area contributed by atoms with Crippen molar-refractivity contribution >= 4 is 23.1 Å². The van der Waals surface area contributed by atoms with Gasteiger partial charge in [-0.25, -0.2) is 0 Å². The summed E-state index contributed by atoms with van der Waals surface area (Å²) in [6.07, 6.45) is 3.80. The third kappa shape index (κ3) is 2.05. The molecule has 0 aliphatic carbocycles. The van der Waals surface area contributed by atoms with Gasteiger partial charge in [-0.2, -0.15) is 11.8 Å². The predicted octanol–water partition coefficient (Wildman–Crippen LogP) is 2.18. The molecule has 2 atom stereocenters. The summed E-state index contributed by atoms with van der Waals surface area (Å²) in [6.45, 7) is 1.14. The fourth-order valence-corrected chi connectivity index (χ4v) is 4.60. The van der Waals surface area contributed by atoms with Gasteiger partial charge >= 0.3 is 0 Å². The minimum Gasteiger partial charge on any atom is -0.308 e. The molecule has 2 aliphatic rings. The molecule has 2 aliphatic heterocycles. The molecule has 0 spiro atoms. The Morgan fingerprint density at radius 3 is 2.87 bits per heavy atom. The van der Waals surface area contributed by atoms with Crippen LogP contribution >= 0.6 is 23.1 Å². The van der Waals surface area contributed by atoms with Crippen molar-refractivity contribution in [2.75, 3.05) is 18.1 Å². The second-order valence-corrected chi connectivity index (χ2v) is 6.38. The maximum absolute atomic E-state index is 4.36. The Labute approximate surface area is 98.1 Å². The predicted molar refractivity (Wildman–Crippen MR) is 64.6 cm³/mol. The molecule has 1 aromatic heterocycles. The molecule has 82 valence electrons. The lowest BCUT2D eigenvalue weighted by Crippen LogP contribution is -2.12. The maximum atomic E-state index is 4.36. The molecule has 2 saturated heterocycles. The fourth-order valence-electron chi connectivity index (χ4n) is 2.18. The van der Waals surface area contributed by atoms with E-state index < -0.39 is 0 Å². The number of aromatic nitrogens is 2. The van der Waals surface area contributed by atoms with E-state index in [1.54, 1.807) is 0 Å². The van der Waals surface area contributed by atoms with Gasteiger partial charge in [-0.3, -0.25) is 0 Å². The molecule has 0 radical (unpaired) electrons. The van der Waals surface area contributed by atoms with E-state index in [0.717, 1.165) is 6.54 Å². The maximum Gasteiger partial charge on any atom is 0.134 e. The molecule has 3 nitrogen and oxygen atoms in total. The van der Waals surface area contributed by atoms with Gasteiger partial charge in [0.25, 0.3) is 0 Å². The van der Waals surface area contributed by atoms with Crippen molar-refractivity contribution < 1.29 is 0 Å². The molecule has 5 heteroatoms. The molecule has 3 heterocycles. The fraction of sp³-hybridized carbons (Fsp3) is 0.800. The number of rotatable bonds is 2. The highest BCUT2D eigenvalue weighted by Crippen LogP contribution is 2.35. The topological polar surface area (TPSA) is 37.8 Å². The summed E-state index contributed by atoms with van der Waals surface area (Å²) in [7, 11) is 0. The highest BCUT2D eigenvalue weighted by atomic mass is 32.2. The lowest BCUT2D eigenvalue weighted by Gasteiger charge is -2.04. The van der Waals surface area contributed by atoms with Crippen molar-refractivity contribution in [2.24, 2.45) is 0 Å². The molecule has 1 N–H and O–H groups in total. The number of hydrogen-bond acceptors (Lipinski definition) is 5. The van der Waals surface area contributed by atoms with Crippen molar-refractivity contribution in [1.82, 2.24) is 15.5 Å². The van der Waals surface area contributed by atoms with Crippen LogP contribution < -0.4 is 5.32 Å². The zero-order valence-corrected chi connectivity index (χ0v) is 10.2. The zero-order chi connectivity index (χ0) is 10.1. The molecule has 0 bridgehead atoms. The summed E-state index contributed by atoms with van der Waals surface area (Å²) >= 11 is 3.87. The van der Waals surface area contributed by atoms with Crippen LogP contribution in [-0.2, 0) is 0 Å². The molecule has 2 fully saturated rings. The molecule has 2 unspecified atom stereocenters. The number of nitrogens with one attached hydrogen (secondary N) is 1. The average molecular weight is 241 g/mol. The lowest BCUT2D eigenvalue weighted by molar-refractivity contribution is 0.633. The van der Waals surface area contributed by atoms with E-state index in [2.05, 4.69) is 15.5 Å². The lowest BCUT2D eigenvalue weighted by atomic mass is 10.1. The summed E-state index contributed by atoms with van der Waals surface area (Å²) in [6, 6.07) is 0.491. The molecule has 0 saturated carbocycles. The average Bonchev–Trinajstić information content (AvgIpc) is 3.02. The Morgan fingerprint density at radius 1 is 1.20 bits per heavy atom. The van der Waals surface area contributed by atoms with Gasteiger partial charge in [-0.05, 0) is 31.6 Å². The minimum atomic E-state index is 0.491. The first-order chi connectivity index (χ1) is 7.43. The zero-order valence-electron chi connectivity index (χ0n) is 8.61. The molecular formula is C10H15N3S2. The Bertz CT molecular complexity index is 297. The van der Waals surface area contributed by atoms with Gasteiger partial charge in [0.05, 0.1) is 6.04 Å². The molecule has 3 rings (SSSR count). The van der Waals surface area contributed by atoms with Gasteiger partial charge in [0.2, 0.25) is 0 Å². The highest BCUT2D eigenvalue weighted by molar-refractivity contribution is 7.99. The van der Waals surface area contributed by atoms with Crippen LogP contribution in [0.5, 0.6) is 0 Å². The third-order valence-corrected chi connectivity index (χ3v) is 5.46. The van der Waals surface area contributed by atoms with Gasteiger partial charge in [-0.15, -0.1) is 10.2 Å². The molecule has 0 aromatic carbocycles. The van der Waals surface area contributed by atoms with Crippen LogP contribution in [0.4, 0.5) is 0 Å². The molecular weight excluding hydrogens is 226 g/mol. The molecule has 15 heavy (non-hydrogen) atoms. The molecule has 1 aromatic rings. The van der Waals surface area contributed by atoms with Gasteiger partial charge in [-0.1, -0.05) is 11.3 Å². The smallest absolute Gasteiger partial charge is 0.134 e. The van der Waals surface area contributed by atoms with E-state index in [0.29, 0.717) is 12.0 Å². The van der Waals surface area contributed by atoms with Gasteiger partial charge in [0, 0.05) is 11.7 Å². The third-order valence-electron chi connectivity index (χ3n) is 3.09. The minimum absolute atomic E-state index is 0.491. The monoisotopic (exact) mass is 241 g/mol.